The van der Waals surface area contributed by atoms with Crippen LogP contribution >= 0.6 is 0 Å². The van der Waals surface area contributed by atoms with Gasteiger partial charge in [-0.1, -0.05) is 55.0 Å². The largest absolute Gasteiger partial charge is 0.466 e. The maximum atomic E-state index is 11.4. The van der Waals surface area contributed by atoms with E-state index in [1.807, 2.05) is 6.92 Å². The minimum Gasteiger partial charge on any atom is -0.466 e. The molecule has 0 aromatic heterocycles. The van der Waals surface area contributed by atoms with Gasteiger partial charge in [-0.3, -0.25) is 4.79 Å². The topological polar surface area (TPSA) is 38.3 Å². The first-order valence-electron chi connectivity index (χ1n) is 9.84. The summed E-state index contributed by atoms with van der Waals surface area (Å²) in [5.74, 6) is -0.0859. The third-order valence-electron chi connectivity index (χ3n) is 5.21. The molecule has 3 heteroatoms. The van der Waals surface area contributed by atoms with E-state index in [4.69, 9.17) is 4.74 Å². The van der Waals surface area contributed by atoms with Gasteiger partial charge in [0, 0.05) is 24.0 Å². The Morgan fingerprint density at radius 3 is 2.33 bits per heavy atom. The molecule has 138 valence electrons. The van der Waals surface area contributed by atoms with E-state index in [1.54, 1.807) is 0 Å². The number of hydrogen-bond donors (Lipinski definition) is 1. The number of carbonyl (C=O) groups is 1. The summed E-state index contributed by atoms with van der Waals surface area (Å²) in [4.78, 5) is 11.4. The molecule has 4 aromatic carbocycles. The van der Waals surface area contributed by atoms with E-state index in [2.05, 4.69) is 59.9 Å². The van der Waals surface area contributed by atoms with Crippen molar-refractivity contribution in [2.24, 2.45) is 0 Å². The zero-order chi connectivity index (χ0) is 18.6. The fourth-order valence-electron chi connectivity index (χ4n) is 3.92. The van der Waals surface area contributed by atoms with Crippen LogP contribution in [-0.2, 0) is 9.53 Å². The van der Waals surface area contributed by atoms with Crippen molar-refractivity contribution in [3.05, 3.63) is 54.6 Å². The molecule has 0 fully saturated rings. The van der Waals surface area contributed by atoms with Gasteiger partial charge >= 0.3 is 5.97 Å². The Labute approximate surface area is 159 Å². The van der Waals surface area contributed by atoms with E-state index < -0.39 is 0 Å². The van der Waals surface area contributed by atoms with E-state index in [1.165, 1.54) is 38.0 Å². The second-order valence-corrected chi connectivity index (χ2v) is 7.01. The Bertz CT molecular complexity index is 1050. The maximum Gasteiger partial charge on any atom is 0.305 e. The Kier molecular flexibility index (Phi) is 5.10. The van der Waals surface area contributed by atoms with Gasteiger partial charge in [0.25, 0.3) is 0 Å². The van der Waals surface area contributed by atoms with Gasteiger partial charge in [0.15, 0.2) is 0 Å². The smallest absolute Gasteiger partial charge is 0.305 e. The van der Waals surface area contributed by atoms with E-state index in [0.717, 1.165) is 25.8 Å². The van der Waals surface area contributed by atoms with Crippen LogP contribution in [0.3, 0.4) is 0 Å². The molecular formula is C24H25NO2. The molecule has 4 rings (SSSR count). The number of anilines is 1. The Morgan fingerprint density at radius 2 is 1.56 bits per heavy atom. The minimum absolute atomic E-state index is 0.0859. The Morgan fingerprint density at radius 1 is 0.852 bits per heavy atom. The number of unbranched alkanes of at least 4 members (excludes halogenated alkanes) is 2. The van der Waals surface area contributed by atoms with Crippen molar-refractivity contribution in [2.45, 2.75) is 32.6 Å². The number of nitrogens with one attached hydrogen (secondary N) is 1. The van der Waals surface area contributed by atoms with Crippen LogP contribution in [0.4, 0.5) is 5.69 Å². The standard InChI is InChI=1S/C24H25NO2/c1-2-27-22(26)9-4-3-5-16-25-21-15-13-19-11-10-17-7-6-8-18-12-14-20(21)24(19)23(17)18/h6-8,10-15,25H,2-5,9,16H2,1H3. The molecule has 0 aliphatic rings. The van der Waals surface area contributed by atoms with Crippen LogP contribution in [0, 0.1) is 0 Å². The average molecular weight is 359 g/mol. The van der Waals surface area contributed by atoms with Crippen molar-refractivity contribution < 1.29 is 9.53 Å². The van der Waals surface area contributed by atoms with Crippen LogP contribution in [0.1, 0.15) is 32.6 Å². The molecule has 0 heterocycles. The lowest BCUT2D eigenvalue weighted by molar-refractivity contribution is -0.143. The zero-order valence-corrected chi connectivity index (χ0v) is 15.8. The number of esters is 1. The predicted octanol–water partition coefficient (Wildman–Crippen LogP) is 6.12. The van der Waals surface area contributed by atoms with E-state index >= 15 is 0 Å². The zero-order valence-electron chi connectivity index (χ0n) is 15.8. The lowest BCUT2D eigenvalue weighted by atomic mass is 9.93. The van der Waals surface area contributed by atoms with Crippen molar-refractivity contribution in [3.63, 3.8) is 0 Å². The van der Waals surface area contributed by atoms with Gasteiger partial charge in [-0.25, -0.2) is 0 Å². The molecule has 0 unspecified atom stereocenters. The summed E-state index contributed by atoms with van der Waals surface area (Å²) in [7, 11) is 0. The highest BCUT2D eigenvalue weighted by Gasteiger charge is 2.10. The van der Waals surface area contributed by atoms with Gasteiger partial charge in [-0.05, 0) is 52.8 Å². The molecule has 0 atom stereocenters. The van der Waals surface area contributed by atoms with Crippen molar-refractivity contribution in [3.8, 4) is 0 Å². The van der Waals surface area contributed by atoms with Crippen LogP contribution in [-0.4, -0.2) is 19.1 Å². The molecule has 0 amide bonds. The molecule has 0 aliphatic heterocycles. The first kappa shape index (κ1) is 17.6. The molecule has 0 radical (unpaired) electrons. The highest BCUT2D eigenvalue weighted by Crippen LogP contribution is 2.37. The summed E-state index contributed by atoms with van der Waals surface area (Å²) < 4.78 is 4.97. The van der Waals surface area contributed by atoms with E-state index in [0.29, 0.717) is 13.0 Å². The molecule has 27 heavy (non-hydrogen) atoms. The summed E-state index contributed by atoms with van der Waals surface area (Å²) in [6.45, 7) is 3.22. The van der Waals surface area contributed by atoms with Crippen molar-refractivity contribution >= 4 is 44.0 Å². The summed E-state index contributed by atoms with van der Waals surface area (Å²) in [6.07, 6.45) is 3.48. The molecule has 4 aromatic rings. The second-order valence-electron chi connectivity index (χ2n) is 7.01. The fourth-order valence-corrected chi connectivity index (χ4v) is 3.92. The monoisotopic (exact) mass is 359 g/mol. The van der Waals surface area contributed by atoms with Crippen LogP contribution in [0.2, 0.25) is 0 Å². The first-order chi connectivity index (χ1) is 13.3. The normalized spacial score (nSPS) is 11.4. The molecule has 0 aliphatic carbocycles. The molecule has 0 saturated heterocycles. The Balaban J connectivity index is 1.47. The summed E-state index contributed by atoms with van der Waals surface area (Å²) in [5.41, 5.74) is 1.19. The molecule has 1 N–H and O–H groups in total. The van der Waals surface area contributed by atoms with Crippen LogP contribution < -0.4 is 5.32 Å². The second kappa shape index (κ2) is 7.83. The third-order valence-corrected chi connectivity index (χ3v) is 5.21. The van der Waals surface area contributed by atoms with Gasteiger partial charge in [0.1, 0.15) is 0 Å². The van der Waals surface area contributed by atoms with Gasteiger partial charge in [0.05, 0.1) is 6.61 Å². The van der Waals surface area contributed by atoms with Crippen LogP contribution in [0.25, 0.3) is 32.3 Å². The average Bonchev–Trinajstić information content (AvgIpc) is 2.69. The molecule has 0 saturated carbocycles. The highest BCUT2D eigenvalue weighted by molar-refractivity contribution is 6.25. The molecular weight excluding hydrogens is 334 g/mol. The van der Waals surface area contributed by atoms with Crippen molar-refractivity contribution in [1.82, 2.24) is 0 Å². The molecule has 0 spiro atoms. The number of carbonyl (C=O) groups excluding carboxylic acids is 1. The van der Waals surface area contributed by atoms with Gasteiger partial charge in [-0.15, -0.1) is 0 Å². The van der Waals surface area contributed by atoms with E-state index in [9.17, 15) is 4.79 Å². The Hall–Kier alpha value is -2.81. The summed E-state index contributed by atoms with van der Waals surface area (Å²) in [6, 6.07) is 19.7. The summed E-state index contributed by atoms with van der Waals surface area (Å²) in [5, 5.41) is 11.4. The predicted molar refractivity (Wildman–Crippen MR) is 114 cm³/mol. The minimum atomic E-state index is -0.0859. The molecule has 0 bridgehead atoms. The summed E-state index contributed by atoms with van der Waals surface area (Å²) >= 11 is 0. The quantitative estimate of drug-likeness (QED) is 0.234. The van der Waals surface area contributed by atoms with Crippen molar-refractivity contribution in [1.29, 1.82) is 0 Å². The van der Waals surface area contributed by atoms with E-state index in [-0.39, 0.29) is 5.97 Å². The molecule has 3 nitrogen and oxygen atoms in total. The van der Waals surface area contributed by atoms with Crippen molar-refractivity contribution in [2.75, 3.05) is 18.5 Å². The fraction of sp³-hybridized carbons (Fsp3) is 0.292. The van der Waals surface area contributed by atoms with Crippen LogP contribution in [0.15, 0.2) is 54.6 Å². The van der Waals surface area contributed by atoms with Crippen LogP contribution in [0.5, 0.6) is 0 Å². The lowest BCUT2D eigenvalue weighted by Gasteiger charge is -2.15. The van der Waals surface area contributed by atoms with Gasteiger partial charge in [0.2, 0.25) is 0 Å². The number of ether oxygens (including phenoxy) is 1. The van der Waals surface area contributed by atoms with Gasteiger partial charge in [-0.2, -0.15) is 0 Å². The highest BCUT2D eigenvalue weighted by atomic mass is 16.5. The SMILES string of the molecule is CCOC(=O)CCCCCNc1ccc2ccc3cccc4ccc1c2c34. The lowest BCUT2D eigenvalue weighted by Crippen LogP contribution is -2.05. The number of benzene rings is 4. The van der Waals surface area contributed by atoms with Gasteiger partial charge < -0.3 is 10.1 Å². The first-order valence-corrected chi connectivity index (χ1v) is 9.84. The maximum absolute atomic E-state index is 11.4. The number of rotatable bonds is 8. The third kappa shape index (κ3) is 3.55. The number of hydrogen-bond acceptors (Lipinski definition) is 3.